The van der Waals surface area contributed by atoms with E-state index in [-0.39, 0.29) is 29.2 Å². The van der Waals surface area contributed by atoms with Crippen LogP contribution < -0.4 is 9.64 Å². The summed E-state index contributed by atoms with van der Waals surface area (Å²) in [6.45, 7) is 7.51. The summed E-state index contributed by atoms with van der Waals surface area (Å²) in [6.07, 6.45) is 1.07. The van der Waals surface area contributed by atoms with Crippen molar-refractivity contribution >= 4 is 29.4 Å². The molecule has 1 fully saturated rings. The summed E-state index contributed by atoms with van der Waals surface area (Å²) in [4.78, 5) is 53.7. The number of rotatable bonds is 6. The Morgan fingerprint density at radius 3 is 2.24 bits per heavy atom. The largest absolute Gasteiger partial charge is 0.494 e. The number of ether oxygens (including phenoxy) is 2. The Bertz CT molecular complexity index is 1120. The van der Waals surface area contributed by atoms with Gasteiger partial charge in [-0.25, -0.2) is 9.69 Å². The first-order chi connectivity index (χ1) is 16.3. The van der Waals surface area contributed by atoms with Crippen molar-refractivity contribution in [1.82, 2.24) is 4.90 Å². The van der Waals surface area contributed by atoms with Crippen molar-refractivity contribution in [3.8, 4) is 5.75 Å². The van der Waals surface area contributed by atoms with Gasteiger partial charge in [-0.2, -0.15) is 0 Å². The third-order valence-electron chi connectivity index (χ3n) is 6.08. The standard InChI is InChI=1S/C26H28N2O6/c1-4-33-20-8-6-19(7-9-20)28-24(30)21-10-5-18(12-22(21)25(28)31)26(32)34-15-23(29)27-13-16(2)11-17(3)14-27/h5-10,12,16-17H,4,11,13-15H2,1-3H3. The number of nitrogens with zero attached hydrogens (tertiary/aromatic N) is 2. The monoisotopic (exact) mass is 464 g/mol. The van der Waals surface area contributed by atoms with Crippen LogP contribution in [-0.2, 0) is 9.53 Å². The lowest BCUT2D eigenvalue weighted by Gasteiger charge is -2.34. The number of likely N-dealkylation sites (tertiary alicyclic amines) is 1. The zero-order chi connectivity index (χ0) is 24.4. The Balaban J connectivity index is 1.44. The van der Waals surface area contributed by atoms with E-state index in [1.165, 1.54) is 18.2 Å². The number of amides is 3. The number of carbonyl (C=O) groups excluding carboxylic acids is 4. The first-order valence-electron chi connectivity index (χ1n) is 11.5. The molecule has 2 heterocycles. The van der Waals surface area contributed by atoms with E-state index >= 15 is 0 Å². The van der Waals surface area contributed by atoms with E-state index in [9.17, 15) is 19.2 Å². The van der Waals surface area contributed by atoms with Gasteiger partial charge in [0.2, 0.25) is 0 Å². The Kier molecular flexibility index (Phi) is 6.68. The normalized spacial score (nSPS) is 19.7. The second-order valence-electron chi connectivity index (χ2n) is 8.95. The number of hydrogen-bond donors (Lipinski definition) is 0. The van der Waals surface area contributed by atoms with Gasteiger partial charge in [0.25, 0.3) is 17.7 Å². The first-order valence-corrected chi connectivity index (χ1v) is 11.5. The molecule has 8 heteroatoms. The minimum Gasteiger partial charge on any atom is -0.494 e. The number of piperidine rings is 1. The molecule has 2 aromatic rings. The van der Waals surface area contributed by atoms with Gasteiger partial charge in [0, 0.05) is 13.1 Å². The van der Waals surface area contributed by atoms with Gasteiger partial charge in [-0.15, -0.1) is 0 Å². The molecule has 2 aliphatic rings. The van der Waals surface area contributed by atoms with Crippen LogP contribution in [0.3, 0.4) is 0 Å². The van der Waals surface area contributed by atoms with Crippen LogP contribution in [0, 0.1) is 11.8 Å². The second-order valence-corrected chi connectivity index (χ2v) is 8.95. The molecule has 3 amide bonds. The third-order valence-corrected chi connectivity index (χ3v) is 6.08. The molecule has 0 N–H and O–H groups in total. The van der Waals surface area contributed by atoms with Crippen LogP contribution >= 0.6 is 0 Å². The van der Waals surface area contributed by atoms with Crippen LogP contribution in [0.4, 0.5) is 5.69 Å². The van der Waals surface area contributed by atoms with Gasteiger partial charge in [-0.1, -0.05) is 13.8 Å². The summed E-state index contributed by atoms with van der Waals surface area (Å²) in [6, 6.07) is 10.9. The Morgan fingerprint density at radius 2 is 1.59 bits per heavy atom. The summed E-state index contributed by atoms with van der Waals surface area (Å²) in [7, 11) is 0. The van der Waals surface area contributed by atoms with Gasteiger partial charge >= 0.3 is 5.97 Å². The molecule has 8 nitrogen and oxygen atoms in total. The van der Waals surface area contributed by atoms with E-state index in [0.717, 1.165) is 11.3 Å². The summed E-state index contributed by atoms with van der Waals surface area (Å²) in [5.41, 5.74) is 0.858. The Labute approximate surface area is 198 Å². The molecule has 4 rings (SSSR count). The highest BCUT2D eigenvalue weighted by Gasteiger charge is 2.37. The van der Waals surface area contributed by atoms with Crippen LogP contribution in [0.5, 0.6) is 5.75 Å². The molecule has 1 saturated heterocycles. The molecule has 2 aromatic carbocycles. The van der Waals surface area contributed by atoms with Crippen molar-refractivity contribution in [2.45, 2.75) is 27.2 Å². The summed E-state index contributed by atoms with van der Waals surface area (Å²) >= 11 is 0. The number of benzene rings is 2. The average Bonchev–Trinajstić information content (AvgIpc) is 3.07. The fourth-order valence-electron chi connectivity index (χ4n) is 4.63. The minimum absolute atomic E-state index is 0.113. The molecule has 0 saturated carbocycles. The molecule has 178 valence electrons. The number of esters is 1. The zero-order valence-electron chi connectivity index (χ0n) is 19.6. The quantitative estimate of drug-likeness (QED) is 0.480. The molecule has 0 aromatic heterocycles. The van der Waals surface area contributed by atoms with Crippen molar-refractivity contribution in [1.29, 1.82) is 0 Å². The van der Waals surface area contributed by atoms with Gasteiger partial charge in [0.15, 0.2) is 6.61 Å². The first kappa shape index (κ1) is 23.5. The lowest BCUT2D eigenvalue weighted by Crippen LogP contribution is -2.44. The van der Waals surface area contributed by atoms with Crippen LogP contribution in [0.1, 0.15) is 58.3 Å². The number of imide groups is 1. The molecule has 2 atom stereocenters. The SMILES string of the molecule is CCOc1ccc(N2C(=O)c3ccc(C(=O)OCC(=O)N4CC(C)CC(C)C4)cc3C2=O)cc1. The summed E-state index contributed by atoms with van der Waals surface area (Å²) in [5, 5.41) is 0. The van der Waals surface area contributed by atoms with Crippen LogP contribution in [-0.4, -0.2) is 54.9 Å². The number of carbonyl (C=O) groups is 4. The Hall–Kier alpha value is -3.68. The van der Waals surface area contributed by atoms with E-state index in [4.69, 9.17) is 9.47 Å². The van der Waals surface area contributed by atoms with Gasteiger partial charge in [-0.05, 0) is 67.6 Å². The van der Waals surface area contributed by atoms with E-state index in [2.05, 4.69) is 13.8 Å². The molecular formula is C26H28N2O6. The van der Waals surface area contributed by atoms with E-state index < -0.39 is 17.8 Å². The highest BCUT2D eigenvalue weighted by atomic mass is 16.5. The molecule has 0 aliphatic carbocycles. The van der Waals surface area contributed by atoms with E-state index in [1.807, 2.05) is 6.92 Å². The van der Waals surface area contributed by atoms with Gasteiger partial charge in [0.1, 0.15) is 5.75 Å². The number of hydrogen-bond acceptors (Lipinski definition) is 6. The predicted octanol–water partition coefficient (Wildman–Crippen LogP) is 3.55. The fraction of sp³-hybridized carbons (Fsp3) is 0.385. The molecule has 2 aliphatic heterocycles. The van der Waals surface area contributed by atoms with Crippen LogP contribution in [0.2, 0.25) is 0 Å². The smallest absolute Gasteiger partial charge is 0.338 e. The third kappa shape index (κ3) is 4.66. The van der Waals surface area contributed by atoms with Gasteiger partial charge < -0.3 is 14.4 Å². The molecular weight excluding hydrogens is 436 g/mol. The van der Waals surface area contributed by atoms with Crippen molar-refractivity contribution in [3.63, 3.8) is 0 Å². The van der Waals surface area contributed by atoms with E-state index in [1.54, 1.807) is 29.2 Å². The van der Waals surface area contributed by atoms with Gasteiger partial charge in [0.05, 0.1) is 29.0 Å². The van der Waals surface area contributed by atoms with E-state index in [0.29, 0.717) is 43.0 Å². The zero-order valence-corrected chi connectivity index (χ0v) is 19.6. The molecule has 0 spiro atoms. The highest BCUT2D eigenvalue weighted by molar-refractivity contribution is 6.34. The predicted molar refractivity (Wildman–Crippen MR) is 125 cm³/mol. The van der Waals surface area contributed by atoms with Crippen molar-refractivity contribution in [3.05, 3.63) is 59.2 Å². The van der Waals surface area contributed by atoms with Crippen LogP contribution in [0.15, 0.2) is 42.5 Å². The van der Waals surface area contributed by atoms with Crippen molar-refractivity contribution in [2.24, 2.45) is 11.8 Å². The maximum Gasteiger partial charge on any atom is 0.338 e. The van der Waals surface area contributed by atoms with Crippen LogP contribution in [0.25, 0.3) is 0 Å². The highest BCUT2D eigenvalue weighted by Crippen LogP contribution is 2.30. The summed E-state index contributed by atoms with van der Waals surface area (Å²) in [5.74, 6) is -0.492. The van der Waals surface area contributed by atoms with Crippen molar-refractivity contribution in [2.75, 3.05) is 31.2 Å². The topological polar surface area (TPSA) is 93.2 Å². The second kappa shape index (κ2) is 9.67. The maximum atomic E-state index is 13.0. The lowest BCUT2D eigenvalue weighted by molar-refractivity contribution is -0.137. The van der Waals surface area contributed by atoms with Crippen molar-refractivity contribution < 1.29 is 28.7 Å². The molecule has 34 heavy (non-hydrogen) atoms. The molecule has 0 radical (unpaired) electrons. The minimum atomic E-state index is -0.714. The average molecular weight is 465 g/mol. The maximum absolute atomic E-state index is 13.0. The number of anilines is 1. The molecule has 0 bridgehead atoms. The number of fused-ring (bicyclic) bond motifs is 1. The fourth-order valence-corrected chi connectivity index (χ4v) is 4.63. The van der Waals surface area contributed by atoms with Gasteiger partial charge in [-0.3, -0.25) is 14.4 Å². The lowest BCUT2D eigenvalue weighted by atomic mass is 9.92. The Morgan fingerprint density at radius 1 is 0.941 bits per heavy atom. The summed E-state index contributed by atoms with van der Waals surface area (Å²) < 4.78 is 10.6. The molecule has 2 unspecified atom stereocenters.